The molecule has 1 N–H and O–H groups in total. The van der Waals surface area contributed by atoms with Crippen molar-refractivity contribution in [1.82, 2.24) is 9.88 Å². The van der Waals surface area contributed by atoms with Gasteiger partial charge in [-0.05, 0) is 42.8 Å². The summed E-state index contributed by atoms with van der Waals surface area (Å²) in [6, 6.07) is 15.9. The number of carbonyl (C=O) groups is 1. The standard InChI is InChI=1S/C22H23ClN4O3S2/c23-17-6-9-19(10-7-17)26-12-14-27(15-13-26)21(28)11-8-18-16-31-22(24-18)25-32(29,30)20-4-2-1-3-5-20/h1-7,9-10,16H,8,11-15H2,(H,24,25). The van der Waals surface area contributed by atoms with Crippen LogP contribution in [0.15, 0.2) is 64.9 Å². The highest BCUT2D eigenvalue weighted by Gasteiger charge is 2.22. The van der Waals surface area contributed by atoms with Crippen LogP contribution >= 0.6 is 22.9 Å². The number of nitrogens with zero attached hydrogens (tertiary/aromatic N) is 3. The van der Waals surface area contributed by atoms with Crippen molar-refractivity contribution in [3.63, 3.8) is 0 Å². The van der Waals surface area contributed by atoms with Gasteiger partial charge in [0.05, 0.1) is 10.6 Å². The minimum absolute atomic E-state index is 0.0835. The van der Waals surface area contributed by atoms with Crippen molar-refractivity contribution >= 4 is 49.7 Å². The van der Waals surface area contributed by atoms with Gasteiger partial charge in [0, 0.05) is 48.7 Å². The molecule has 32 heavy (non-hydrogen) atoms. The molecule has 2 aromatic carbocycles. The zero-order valence-corrected chi connectivity index (χ0v) is 19.7. The fourth-order valence-corrected chi connectivity index (χ4v) is 5.65. The van der Waals surface area contributed by atoms with Crippen molar-refractivity contribution in [2.24, 2.45) is 0 Å². The predicted octanol–water partition coefficient (Wildman–Crippen LogP) is 3.88. The van der Waals surface area contributed by atoms with Gasteiger partial charge in [-0.2, -0.15) is 0 Å². The molecule has 7 nitrogen and oxygen atoms in total. The van der Waals surface area contributed by atoms with Gasteiger partial charge in [0.2, 0.25) is 5.91 Å². The van der Waals surface area contributed by atoms with Crippen molar-refractivity contribution < 1.29 is 13.2 Å². The molecule has 0 radical (unpaired) electrons. The van der Waals surface area contributed by atoms with Crippen molar-refractivity contribution in [1.29, 1.82) is 0 Å². The molecule has 168 valence electrons. The normalized spacial score (nSPS) is 14.4. The maximum absolute atomic E-state index is 12.6. The van der Waals surface area contributed by atoms with Gasteiger partial charge < -0.3 is 9.80 Å². The molecule has 1 aliphatic heterocycles. The SMILES string of the molecule is O=C(CCc1csc(NS(=O)(=O)c2ccccc2)n1)N1CCN(c2ccc(Cl)cc2)CC1. The van der Waals surface area contributed by atoms with Gasteiger partial charge in [0.25, 0.3) is 10.0 Å². The third-order valence-electron chi connectivity index (χ3n) is 5.25. The van der Waals surface area contributed by atoms with E-state index >= 15 is 0 Å². The van der Waals surface area contributed by atoms with Gasteiger partial charge in [0.1, 0.15) is 0 Å². The first-order valence-electron chi connectivity index (χ1n) is 10.2. The molecule has 1 amide bonds. The van der Waals surface area contributed by atoms with Gasteiger partial charge in [0.15, 0.2) is 5.13 Å². The van der Waals surface area contributed by atoms with E-state index in [1.165, 1.54) is 23.5 Å². The van der Waals surface area contributed by atoms with Crippen molar-refractivity contribution in [3.8, 4) is 0 Å². The van der Waals surface area contributed by atoms with E-state index in [0.29, 0.717) is 41.8 Å². The maximum atomic E-state index is 12.6. The molecule has 0 atom stereocenters. The Balaban J connectivity index is 1.26. The van der Waals surface area contributed by atoms with Crippen LogP contribution in [0.3, 0.4) is 0 Å². The summed E-state index contributed by atoms with van der Waals surface area (Å²) >= 11 is 7.17. The number of carbonyl (C=O) groups excluding carboxylic acids is 1. The summed E-state index contributed by atoms with van der Waals surface area (Å²) in [4.78, 5) is 21.3. The summed E-state index contributed by atoms with van der Waals surface area (Å²) in [6.45, 7) is 2.88. The average molecular weight is 491 g/mol. The van der Waals surface area contributed by atoms with E-state index in [9.17, 15) is 13.2 Å². The highest BCUT2D eigenvalue weighted by molar-refractivity contribution is 7.93. The summed E-state index contributed by atoms with van der Waals surface area (Å²) < 4.78 is 27.3. The van der Waals surface area contributed by atoms with Crippen molar-refractivity contribution in [3.05, 3.63) is 70.7 Å². The minimum atomic E-state index is -3.67. The van der Waals surface area contributed by atoms with Gasteiger partial charge in [-0.15, -0.1) is 11.3 Å². The Kier molecular flexibility index (Phi) is 6.98. The number of hydrogen-bond acceptors (Lipinski definition) is 6. The summed E-state index contributed by atoms with van der Waals surface area (Å²) in [5, 5.41) is 2.79. The molecule has 2 heterocycles. The molecule has 1 saturated heterocycles. The molecule has 0 spiro atoms. The lowest BCUT2D eigenvalue weighted by Crippen LogP contribution is -2.48. The van der Waals surface area contributed by atoms with Crippen LogP contribution in [0.4, 0.5) is 10.8 Å². The first-order chi connectivity index (χ1) is 15.4. The smallest absolute Gasteiger partial charge is 0.263 e. The third kappa shape index (κ3) is 5.59. The number of anilines is 2. The molecule has 0 bridgehead atoms. The number of amides is 1. The lowest BCUT2D eigenvalue weighted by Gasteiger charge is -2.36. The first kappa shape index (κ1) is 22.6. The van der Waals surface area contributed by atoms with Gasteiger partial charge in [-0.1, -0.05) is 29.8 Å². The lowest BCUT2D eigenvalue weighted by molar-refractivity contribution is -0.131. The zero-order chi connectivity index (χ0) is 22.6. The van der Waals surface area contributed by atoms with Gasteiger partial charge in [-0.3, -0.25) is 9.52 Å². The van der Waals surface area contributed by atoms with Gasteiger partial charge >= 0.3 is 0 Å². The highest BCUT2D eigenvalue weighted by Crippen LogP contribution is 2.22. The number of piperazine rings is 1. The molecule has 1 aromatic heterocycles. The molecule has 4 rings (SSSR count). The van der Waals surface area contributed by atoms with E-state index in [4.69, 9.17) is 11.6 Å². The second-order valence-electron chi connectivity index (χ2n) is 7.41. The summed E-state index contributed by atoms with van der Waals surface area (Å²) in [7, 11) is -3.67. The second-order valence-corrected chi connectivity index (χ2v) is 10.4. The van der Waals surface area contributed by atoms with Crippen LogP contribution in [0.2, 0.25) is 5.02 Å². The molecule has 1 aliphatic rings. The predicted molar refractivity (Wildman–Crippen MR) is 128 cm³/mol. The van der Waals surface area contributed by atoms with E-state index in [2.05, 4.69) is 14.6 Å². The quantitative estimate of drug-likeness (QED) is 0.543. The number of aryl methyl sites for hydroxylation is 1. The Morgan fingerprint density at radius 3 is 2.41 bits per heavy atom. The van der Waals surface area contributed by atoms with E-state index < -0.39 is 10.0 Å². The molecular formula is C22H23ClN4O3S2. The summed E-state index contributed by atoms with van der Waals surface area (Å²) in [6.07, 6.45) is 0.815. The first-order valence-corrected chi connectivity index (χ1v) is 13.0. The molecule has 3 aromatic rings. The lowest BCUT2D eigenvalue weighted by atomic mass is 10.2. The van der Waals surface area contributed by atoms with Crippen molar-refractivity contribution in [2.45, 2.75) is 17.7 Å². The van der Waals surface area contributed by atoms with Crippen LogP contribution in [0, 0.1) is 0 Å². The van der Waals surface area contributed by atoms with E-state index in [0.717, 1.165) is 18.8 Å². The Bertz CT molecular complexity index is 1160. The number of sulfonamides is 1. The van der Waals surface area contributed by atoms with Crippen LogP contribution in [0.1, 0.15) is 12.1 Å². The van der Waals surface area contributed by atoms with Crippen LogP contribution in [-0.4, -0.2) is 50.4 Å². The number of nitrogens with one attached hydrogen (secondary N) is 1. The Morgan fingerprint density at radius 2 is 1.72 bits per heavy atom. The number of rotatable bonds is 7. The fourth-order valence-electron chi connectivity index (χ4n) is 3.50. The zero-order valence-electron chi connectivity index (χ0n) is 17.3. The number of hydrogen-bond donors (Lipinski definition) is 1. The number of benzene rings is 2. The summed E-state index contributed by atoms with van der Waals surface area (Å²) in [5.41, 5.74) is 1.81. The second kappa shape index (κ2) is 9.89. The van der Waals surface area contributed by atoms with Crippen LogP contribution in [-0.2, 0) is 21.2 Å². The Morgan fingerprint density at radius 1 is 1.03 bits per heavy atom. The average Bonchev–Trinajstić information content (AvgIpc) is 3.25. The van der Waals surface area contributed by atoms with E-state index in [1.54, 1.807) is 23.6 Å². The largest absolute Gasteiger partial charge is 0.368 e. The molecule has 1 fully saturated rings. The molecule has 0 saturated carbocycles. The van der Waals surface area contributed by atoms with Crippen LogP contribution in [0.5, 0.6) is 0 Å². The Labute approximate surface area is 196 Å². The number of thiazole rings is 1. The minimum Gasteiger partial charge on any atom is -0.368 e. The van der Waals surface area contributed by atoms with Crippen molar-refractivity contribution in [2.75, 3.05) is 35.8 Å². The number of aromatic nitrogens is 1. The van der Waals surface area contributed by atoms with Crippen LogP contribution < -0.4 is 9.62 Å². The monoisotopic (exact) mass is 490 g/mol. The summed E-state index contributed by atoms with van der Waals surface area (Å²) in [5.74, 6) is 0.0835. The Hall–Kier alpha value is -2.62. The molecular weight excluding hydrogens is 468 g/mol. The molecule has 0 unspecified atom stereocenters. The topological polar surface area (TPSA) is 82.6 Å². The third-order valence-corrected chi connectivity index (χ3v) is 7.79. The number of halogens is 1. The molecule has 10 heteroatoms. The maximum Gasteiger partial charge on any atom is 0.263 e. The van der Waals surface area contributed by atoms with Gasteiger partial charge in [-0.25, -0.2) is 13.4 Å². The van der Waals surface area contributed by atoms with Crippen LogP contribution in [0.25, 0.3) is 0 Å². The van der Waals surface area contributed by atoms with E-state index in [1.807, 2.05) is 29.2 Å². The van der Waals surface area contributed by atoms with E-state index in [-0.39, 0.29) is 10.8 Å². The fraction of sp³-hybridized carbons (Fsp3) is 0.273. The highest BCUT2D eigenvalue weighted by atomic mass is 35.5. The molecule has 0 aliphatic carbocycles.